The first-order valence-corrected chi connectivity index (χ1v) is 9.07. The largest absolute Gasteiger partial charge is 0.463 e. The molecule has 0 aliphatic rings. The van der Waals surface area contributed by atoms with Gasteiger partial charge in [0.2, 0.25) is 0 Å². The predicted octanol–water partition coefficient (Wildman–Crippen LogP) is 6.37. The summed E-state index contributed by atoms with van der Waals surface area (Å²) in [4.78, 5) is 12.7. The zero-order chi connectivity index (χ0) is 18.6. The van der Waals surface area contributed by atoms with Crippen molar-refractivity contribution in [1.29, 1.82) is 0 Å². The number of carbonyl (C=O) groups excluding carboxylic acids is 1. The van der Waals surface area contributed by atoms with Crippen molar-refractivity contribution in [2.75, 3.05) is 6.61 Å². The van der Waals surface area contributed by atoms with E-state index in [0.29, 0.717) is 11.1 Å². The third-order valence-electron chi connectivity index (χ3n) is 3.94. The molecule has 0 N–H and O–H groups in total. The van der Waals surface area contributed by atoms with E-state index in [-0.39, 0.29) is 6.61 Å². The molecule has 136 valence electrons. The molecule has 0 saturated carbocycles. The van der Waals surface area contributed by atoms with E-state index in [4.69, 9.17) is 4.74 Å². The van der Waals surface area contributed by atoms with Crippen LogP contribution in [-0.4, -0.2) is 12.6 Å². The van der Waals surface area contributed by atoms with Gasteiger partial charge in [0, 0.05) is 15.7 Å². The summed E-state index contributed by atoms with van der Waals surface area (Å²) >= 11 is 1.30. The van der Waals surface area contributed by atoms with Gasteiger partial charge in [0.1, 0.15) is 0 Å². The number of fused-ring (bicyclic) bond motifs is 1. The quantitative estimate of drug-likeness (QED) is 0.436. The molecule has 1 aromatic carbocycles. The highest BCUT2D eigenvalue weighted by molar-refractivity contribution is 7.20. The van der Waals surface area contributed by atoms with E-state index in [9.17, 15) is 18.0 Å². The normalized spacial score (nSPS) is 12.6. The molecule has 0 amide bonds. The van der Waals surface area contributed by atoms with Crippen LogP contribution in [0.25, 0.3) is 15.7 Å². The lowest BCUT2D eigenvalue weighted by atomic mass is 10.0. The molecule has 2 rings (SSSR count). The summed E-state index contributed by atoms with van der Waals surface area (Å²) in [5.74, 6) is -0.415. The first-order valence-electron chi connectivity index (χ1n) is 8.26. The number of unbranched alkanes of at least 4 members (excludes halogenated alkanes) is 1. The zero-order valence-corrected chi connectivity index (χ0v) is 15.3. The third kappa shape index (κ3) is 4.63. The smallest absolute Gasteiger partial charge is 0.416 e. The molecule has 0 radical (unpaired) electrons. The number of ether oxygens (including phenoxy) is 1. The number of rotatable bonds is 6. The number of aryl methyl sites for hydroxylation is 1. The molecular formula is C19H21F3O2S. The molecule has 25 heavy (non-hydrogen) atoms. The summed E-state index contributed by atoms with van der Waals surface area (Å²) in [5.41, 5.74) is 1.07. The first-order chi connectivity index (χ1) is 11.8. The molecule has 0 saturated heterocycles. The molecule has 6 heteroatoms. The summed E-state index contributed by atoms with van der Waals surface area (Å²) in [7, 11) is 0. The van der Waals surface area contributed by atoms with Crippen LogP contribution in [0.3, 0.4) is 0 Å². The molecule has 0 bridgehead atoms. The van der Waals surface area contributed by atoms with Gasteiger partial charge in [-0.25, -0.2) is 4.79 Å². The maximum atomic E-state index is 12.9. The average molecular weight is 370 g/mol. The van der Waals surface area contributed by atoms with E-state index in [1.807, 2.05) is 6.92 Å². The van der Waals surface area contributed by atoms with Crippen LogP contribution < -0.4 is 0 Å². The number of halogens is 3. The average Bonchev–Trinajstić information content (AvgIpc) is 2.87. The molecule has 0 atom stereocenters. The minimum absolute atomic E-state index is 0.288. The Balaban J connectivity index is 2.51. The van der Waals surface area contributed by atoms with Crippen molar-refractivity contribution in [1.82, 2.24) is 0 Å². The molecule has 0 aliphatic heterocycles. The lowest BCUT2D eigenvalue weighted by Gasteiger charge is -2.07. The maximum Gasteiger partial charge on any atom is 0.416 e. The van der Waals surface area contributed by atoms with Crippen molar-refractivity contribution in [3.63, 3.8) is 0 Å². The van der Waals surface area contributed by atoms with Crippen LogP contribution >= 0.6 is 11.3 Å². The lowest BCUT2D eigenvalue weighted by molar-refractivity contribution is -0.138. The molecule has 0 unspecified atom stereocenters. The standard InChI is InChI=1S/C19H21F3O2S/c1-4-6-7-13(10-17(23)24-5-2)18-12(3)15-9-8-14(19(20,21)22)11-16(15)25-18/h8-11H,4-7H2,1-3H3. The van der Waals surface area contributed by atoms with Gasteiger partial charge in [-0.1, -0.05) is 19.4 Å². The number of allylic oxidation sites excluding steroid dienone is 1. The number of carbonyl (C=O) groups is 1. The minimum Gasteiger partial charge on any atom is -0.463 e. The fourth-order valence-corrected chi connectivity index (χ4v) is 3.94. The number of thiophene rings is 1. The summed E-state index contributed by atoms with van der Waals surface area (Å²) in [5, 5.41) is 0.791. The SMILES string of the molecule is CCCCC(=CC(=O)OCC)c1sc2cc(C(F)(F)F)ccc2c1C. The molecule has 0 spiro atoms. The Hall–Kier alpha value is -1.82. The number of alkyl halides is 3. The van der Waals surface area contributed by atoms with Crippen LogP contribution in [0.2, 0.25) is 0 Å². The van der Waals surface area contributed by atoms with E-state index in [1.165, 1.54) is 29.5 Å². The molecule has 2 nitrogen and oxygen atoms in total. The fourth-order valence-electron chi connectivity index (χ4n) is 2.65. The van der Waals surface area contributed by atoms with Gasteiger partial charge in [0.15, 0.2) is 0 Å². The molecule has 1 aromatic heterocycles. The number of hydrogen-bond donors (Lipinski definition) is 0. The van der Waals surface area contributed by atoms with E-state index in [0.717, 1.165) is 40.3 Å². The Morgan fingerprint density at radius 3 is 2.60 bits per heavy atom. The number of benzene rings is 1. The van der Waals surface area contributed by atoms with Crippen molar-refractivity contribution in [2.45, 2.75) is 46.2 Å². The number of hydrogen-bond acceptors (Lipinski definition) is 3. The zero-order valence-electron chi connectivity index (χ0n) is 14.5. The van der Waals surface area contributed by atoms with Crippen LogP contribution in [0.5, 0.6) is 0 Å². The Bertz CT molecular complexity index is 788. The van der Waals surface area contributed by atoms with E-state index in [2.05, 4.69) is 6.92 Å². The summed E-state index contributed by atoms with van der Waals surface area (Å²) in [6.07, 6.45) is -0.343. The second-order valence-electron chi connectivity index (χ2n) is 5.79. The second-order valence-corrected chi connectivity index (χ2v) is 6.84. The molecule has 0 fully saturated rings. The second kappa shape index (κ2) is 8.04. The van der Waals surface area contributed by atoms with Crippen LogP contribution in [0.15, 0.2) is 24.3 Å². The maximum absolute atomic E-state index is 12.9. The van der Waals surface area contributed by atoms with E-state index >= 15 is 0 Å². The van der Waals surface area contributed by atoms with E-state index in [1.54, 1.807) is 6.92 Å². The monoisotopic (exact) mass is 370 g/mol. The lowest BCUT2D eigenvalue weighted by Crippen LogP contribution is -2.03. The highest BCUT2D eigenvalue weighted by atomic mass is 32.1. The fraction of sp³-hybridized carbons (Fsp3) is 0.421. The first kappa shape index (κ1) is 19.5. The van der Waals surface area contributed by atoms with Crippen molar-refractivity contribution in [2.24, 2.45) is 0 Å². The summed E-state index contributed by atoms with van der Waals surface area (Å²) in [6, 6.07) is 3.79. The van der Waals surface area contributed by atoms with Crippen LogP contribution in [0.4, 0.5) is 13.2 Å². The molecule has 2 aromatic rings. The Kier molecular flexibility index (Phi) is 6.27. The highest BCUT2D eigenvalue weighted by Gasteiger charge is 2.31. The Labute approximate surface area is 149 Å². The minimum atomic E-state index is -4.36. The van der Waals surface area contributed by atoms with Crippen molar-refractivity contribution in [3.05, 3.63) is 40.3 Å². The van der Waals surface area contributed by atoms with Gasteiger partial charge < -0.3 is 4.74 Å². The van der Waals surface area contributed by atoms with Gasteiger partial charge in [-0.15, -0.1) is 11.3 Å². The Morgan fingerprint density at radius 1 is 1.28 bits per heavy atom. The van der Waals surface area contributed by atoms with Gasteiger partial charge in [0.05, 0.1) is 12.2 Å². The van der Waals surface area contributed by atoms with Crippen molar-refractivity contribution >= 4 is 33.0 Å². The predicted molar refractivity (Wildman–Crippen MR) is 95.7 cm³/mol. The van der Waals surface area contributed by atoms with Crippen LogP contribution in [-0.2, 0) is 15.7 Å². The molecular weight excluding hydrogens is 349 g/mol. The topological polar surface area (TPSA) is 26.3 Å². The van der Waals surface area contributed by atoms with Crippen molar-refractivity contribution < 1.29 is 22.7 Å². The number of esters is 1. The summed E-state index contributed by atoms with van der Waals surface area (Å²) < 4.78 is 44.4. The van der Waals surface area contributed by atoms with E-state index < -0.39 is 17.7 Å². The van der Waals surface area contributed by atoms with Crippen LogP contribution in [0, 0.1) is 6.92 Å². The van der Waals surface area contributed by atoms with Gasteiger partial charge >= 0.3 is 12.1 Å². The molecule has 1 heterocycles. The highest BCUT2D eigenvalue weighted by Crippen LogP contribution is 2.40. The van der Waals surface area contributed by atoms with Crippen molar-refractivity contribution in [3.8, 4) is 0 Å². The third-order valence-corrected chi connectivity index (χ3v) is 5.27. The van der Waals surface area contributed by atoms with Gasteiger partial charge in [-0.05, 0) is 55.3 Å². The van der Waals surface area contributed by atoms with Gasteiger partial charge in [0.25, 0.3) is 0 Å². The molecule has 0 aliphatic carbocycles. The Morgan fingerprint density at radius 2 is 2.00 bits per heavy atom. The van der Waals surface area contributed by atoms with Gasteiger partial charge in [-0.2, -0.15) is 13.2 Å². The summed E-state index contributed by atoms with van der Waals surface area (Å²) in [6.45, 7) is 5.96. The van der Waals surface area contributed by atoms with Gasteiger partial charge in [-0.3, -0.25) is 0 Å². The van der Waals surface area contributed by atoms with Crippen LogP contribution in [0.1, 0.15) is 49.1 Å².